The van der Waals surface area contributed by atoms with E-state index in [0.29, 0.717) is 17.2 Å². The summed E-state index contributed by atoms with van der Waals surface area (Å²) in [6.07, 6.45) is 0.725. The molecule has 6 heteroatoms. The number of benzene rings is 1. The number of para-hydroxylation sites is 1. The molecule has 1 aromatic carbocycles. The molecule has 1 amide bonds. The van der Waals surface area contributed by atoms with Gasteiger partial charge in [-0.15, -0.1) is 11.3 Å². The smallest absolute Gasteiger partial charge is 0.216 e. The summed E-state index contributed by atoms with van der Waals surface area (Å²) in [5, 5.41) is 2.74. The van der Waals surface area contributed by atoms with Crippen LogP contribution in [0.15, 0.2) is 40.9 Å². The molecular formula is C16H16BrNO3S. The number of hydrogen-bond donors (Lipinski definition) is 1. The lowest BCUT2D eigenvalue weighted by molar-refractivity contribution is -0.118. The van der Waals surface area contributed by atoms with E-state index in [9.17, 15) is 9.59 Å². The maximum Gasteiger partial charge on any atom is 0.216 e. The molecule has 0 fully saturated rings. The highest BCUT2D eigenvalue weighted by molar-refractivity contribution is 9.10. The highest BCUT2D eigenvalue weighted by Crippen LogP contribution is 2.24. The molecule has 2 rings (SSSR count). The zero-order chi connectivity index (χ0) is 15.9. The molecule has 0 atom stereocenters. The van der Waals surface area contributed by atoms with Crippen molar-refractivity contribution in [3.8, 4) is 5.75 Å². The Hall–Kier alpha value is -1.66. The molecule has 0 bridgehead atoms. The zero-order valence-corrected chi connectivity index (χ0v) is 14.5. The van der Waals surface area contributed by atoms with Crippen molar-refractivity contribution in [3.63, 3.8) is 0 Å². The predicted octanol–water partition coefficient (Wildman–Crippen LogP) is 3.45. The van der Waals surface area contributed by atoms with Crippen molar-refractivity contribution in [1.82, 2.24) is 5.32 Å². The Balaban J connectivity index is 1.86. The minimum atomic E-state index is -0.0495. The number of Topliss-reactive ketones (excluding diaryl/α,β-unsaturated/α-hetero) is 1. The molecule has 0 aliphatic carbocycles. The maximum absolute atomic E-state index is 12.1. The number of carbonyl (C=O) groups is 2. The van der Waals surface area contributed by atoms with Gasteiger partial charge in [0, 0.05) is 18.3 Å². The van der Waals surface area contributed by atoms with Crippen molar-refractivity contribution >= 4 is 39.0 Å². The monoisotopic (exact) mass is 381 g/mol. The first-order valence-corrected chi connectivity index (χ1v) is 8.41. The third kappa shape index (κ3) is 4.96. The van der Waals surface area contributed by atoms with Crippen molar-refractivity contribution in [2.24, 2.45) is 0 Å². The molecule has 0 radical (unpaired) electrons. The van der Waals surface area contributed by atoms with Crippen LogP contribution >= 0.6 is 27.3 Å². The highest BCUT2D eigenvalue weighted by Gasteiger charge is 2.11. The minimum Gasteiger partial charge on any atom is -0.484 e. The Labute approximate surface area is 141 Å². The van der Waals surface area contributed by atoms with E-state index in [2.05, 4.69) is 21.2 Å². The lowest BCUT2D eigenvalue weighted by atomic mass is 10.3. The third-order valence-corrected chi connectivity index (χ3v) is 4.72. The molecule has 0 saturated carbocycles. The number of hydrogen-bond acceptors (Lipinski definition) is 4. The normalized spacial score (nSPS) is 10.3. The van der Waals surface area contributed by atoms with Crippen LogP contribution in [0.25, 0.3) is 0 Å². The molecule has 2 aromatic rings. The van der Waals surface area contributed by atoms with Crippen LogP contribution in [0.3, 0.4) is 0 Å². The van der Waals surface area contributed by atoms with Crippen LogP contribution in [0.1, 0.15) is 21.5 Å². The maximum atomic E-state index is 12.1. The van der Waals surface area contributed by atoms with E-state index < -0.39 is 0 Å². The van der Waals surface area contributed by atoms with Crippen LogP contribution in [0.5, 0.6) is 5.75 Å². The van der Waals surface area contributed by atoms with E-state index >= 15 is 0 Å². The van der Waals surface area contributed by atoms with E-state index in [1.54, 1.807) is 6.07 Å². The van der Waals surface area contributed by atoms with Gasteiger partial charge in [-0.25, -0.2) is 0 Å². The van der Waals surface area contributed by atoms with E-state index in [1.165, 1.54) is 18.3 Å². The Bertz CT molecular complexity index is 669. The molecule has 116 valence electrons. The Morgan fingerprint density at radius 2 is 2.00 bits per heavy atom. The van der Waals surface area contributed by atoms with Crippen LogP contribution in [-0.4, -0.2) is 24.8 Å². The Kier molecular flexibility index (Phi) is 6.15. The van der Waals surface area contributed by atoms with Crippen molar-refractivity contribution in [2.75, 3.05) is 13.2 Å². The second-order valence-corrected chi connectivity index (χ2v) is 6.66. The van der Waals surface area contributed by atoms with Gasteiger partial charge in [-0.05, 0) is 46.6 Å². The minimum absolute atomic E-state index is 0.00820. The summed E-state index contributed by atoms with van der Waals surface area (Å²) in [6.45, 7) is 2.08. The van der Waals surface area contributed by atoms with Crippen LogP contribution in [0.2, 0.25) is 0 Å². The van der Waals surface area contributed by atoms with Crippen molar-refractivity contribution in [1.29, 1.82) is 0 Å². The first-order chi connectivity index (χ1) is 10.6. The molecule has 0 aliphatic rings. The molecule has 0 spiro atoms. The largest absolute Gasteiger partial charge is 0.484 e. The second kappa shape index (κ2) is 8.10. The molecule has 0 aliphatic heterocycles. The van der Waals surface area contributed by atoms with Gasteiger partial charge in [0.05, 0.1) is 9.35 Å². The summed E-state index contributed by atoms with van der Waals surface area (Å²) in [5.41, 5.74) is 0. The SMILES string of the molecule is CC(=O)NCCc1ccc(C(=O)COc2ccccc2Br)s1. The van der Waals surface area contributed by atoms with Gasteiger partial charge >= 0.3 is 0 Å². The van der Waals surface area contributed by atoms with Crippen LogP contribution in [0, 0.1) is 0 Å². The number of nitrogens with one attached hydrogen (secondary N) is 1. The lowest BCUT2D eigenvalue weighted by Gasteiger charge is -2.06. The van der Waals surface area contributed by atoms with Crippen molar-refractivity contribution in [3.05, 3.63) is 50.6 Å². The van der Waals surface area contributed by atoms with Crippen molar-refractivity contribution < 1.29 is 14.3 Å². The topological polar surface area (TPSA) is 55.4 Å². The summed E-state index contributed by atoms with van der Waals surface area (Å²) in [5.74, 6) is 0.555. The average Bonchev–Trinajstić information content (AvgIpc) is 2.94. The standard InChI is InChI=1S/C16H16BrNO3S/c1-11(19)18-9-8-12-6-7-16(22-12)14(20)10-21-15-5-3-2-4-13(15)17/h2-7H,8-10H2,1H3,(H,18,19). The number of amides is 1. The molecule has 1 aromatic heterocycles. The Morgan fingerprint density at radius 3 is 2.73 bits per heavy atom. The zero-order valence-electron chi connectivity index (χ0n) is 12.1. The lowest BCUT2D eigenvalue weighted by Crippen LogP contribution is -2.22. The highest BCUT2D eigenvalue weighted by atomic mass is 79.9. The van der Waals surface area contributed by atoms with Crippen LogP contribution in [0.4, 0.5) is 0 Å². The third-order valence-electron chi connectivity index (χ3n) is 2.88. The predicted molar refractivity (Wildman–Crippen MR) is 90.7 cm³/mol. The van der Waals surface area contributed by atoms with Gasteiger partial charge in [-0.3, -0.25) is 9.59 Å². The average molecular weight is 382 g/mol. The molecular weight excluding hydrogens is 366 g/mol. The first-order valence-electron chi connectivity index (χ1n) is 6.80. The van der Waals surface area contributed by atoms with Crippen LogP contribution < -0.4 is 10.1 Å². The summed E-state index contributed by atoms with van der Waals surface area (Å²) in [4.78, 5) is 24.7. The summed E-state index contributed by atoms with van der Waals surface area (Å²) >= 11 is 4.82. The van der Waals surface area contributed by atoms with Crippen LogP contribution in [-0.2, 0) is 11.2 Å². The fourth-order valence-electron chi connectivity index (χ4n) is 1.80. The fourth-order valence-corrected chi connectivity index (χ4v) is 3.13. The number of rotatable bonds is 7. The van der Waals surface area contributed by atoms with Gasteiger partial charge in [0.2, 0.25) is 11.7 Å². The van der Waals surface area contributed by atoms with Gasteiger partial charge in [0.25, 0.3) is 0 Å². The number of thiophene rings is 1. The van der Waals surface area contributed by atoms with Crippen molar-refractivity contribution in [2.45, 2.75) is 13.3 Å². The summed E-state index contributed by atoms with van der Waals surface area (Å²) in [6, 6.07) is 11.1. The van der Waals surface area contributed by atoms with E-state index in [0.717, 1.165) is 15.8 Å². The molecule has 0 saturated heterocycles. The quantitative estimate of drug-likeness (QED) is 0.747. The van der Waals surface area contributed by atoms with Gasteiger partial charge in [0.15, 0.2) is 6.61 Å². The number of carbonyl (C=O) groups excluding carboxylic acids is 2. The van der Waals surface area contributed by atoms with E-state index in [4.69, 9.17) is 4.74 Å². The molecule has 0 unspecified atom stereocenters. The van der Waals surface area contributed by atoms with Gasteiger partial charge in [-0.2, -0.15) is 0 Å². The van der Waals surface area contributed by atoms with Gasteiger partial charge in [-0.1, -0.05) is 12.1 Å². The molecule has 4 nitrogen and oxygen atoms in total. The molecule has 22 heavy (non-hydrogen) atoms. The number of halogens is 1. The van der Waals surface area contributed by atoms with E-state index in [1.807, 2.05) is 30.3 Å². The Morgan fingerprint density at radius 1 is 1.23 bits per heavy atom. The second-order valence-electron chi connectivity index (χ2n) is 4.64. The van der Waals surface area contributed by atoms with E-state index in [-0.39, 0.29) is 18.3 Å². The van der Waals surface area contributed by atoms with Gasteiger partial charge < -0.3 is 10.1 Å². The first kappa shape index (κ1) is 16.7. The number of ether oxygens (including phenoxy) is 1. The summed E-state index contributed by atoms with van der Waals surface area (Å²) in [7, 11) is 0. The summed E-state index contributed by atoms with van der Waals surface area (Å²) < 4.78 is 6.35. The molecule has 1 N–H and O–H groups in total. The number of ketones is 1. The molecule has 1 heterocycles. The van der Waals surface area contributed by atoms with Gasteiger partial charge in [0.1, 0.15) is 5.75 Å². The fraction of sp³-hybridized carbons (Fsp3) is 0.250.